The molecule has 1 aromatic carbocycles. The minimum absolute atomic E-state index is 0.00157. The van der Waals surface area contributed by atoms with E-state index >= 15 is 0 Å². The summed E-state index contributed by atoms with van der Waals surface area (Å²) in [6.07, 6.45) is -0.186. The van der Waals surface area contributed by atoms with Crippen LogP contribution in [0.2, 0.25) is 0 Å². The van der Waals surface area contributed by atoms with Gasteiger partial charge in [0.1, 0.15) is 25.1 Å². The van der Waals surface area contributed by atoms with Crippen molar-refractivity contribution in [3.8, 4) is 27.9 Å². The fourth-order valence-electron chi connectivity index (χ4n) is 3.30. The maximum atomic E-state index is 11.1. The molecule has 3 aromatic rings. The summed E-state index contributed by atoms with van der Waals surface area (Å²) in [5.41, 5.74) is 2.65. The Morgan fingerprint density at radius 3 is 2.79 bits per heavy atom. The number of aromatic nitrogens is 2. The number of nitrogens with zero attached hydrogens (tertiary/aromatic N) is 2. The zero-order valence-electron chi connectivity index (χ0n) is 19.9. The van der Waals surface area contributed by atoms with Crippen molar-refractivity contribution in [2.45, 2.75) is 52.8 Å². The molecule has 4 N–H and O–H groups in total. The Balaban J connectivity index is 1.71. The molecule has 2 heterocycles. The largest absolute Gasteiger partial charge is 0.490 e. The lowest BCUT2D eigenvalue weighted by Crippen LogP contribution is -2.36. The molecule has 3 rings (SSSR count). The third-order valence-corrected chi connectivity index (χ3v) is 6.15. The van der Waals surface area contributed by atoms with E-state index in [1.807, 2.05) is 32.0 Å². The van der Waals surface area contributed by atoms with Gasteiger partial charge >= 0.3 is 0 Å². The lowest BCUT2D eigenvalue weighted by Gasteiger charge is -2.17. The number of amides is 1. The third-order valence-electron chi connectivity index (χ3n) is 5.07. The lowest BCUT2D eigenvalue weighted by atomic mass is 10.0. The highest BCUT2D eigenvalue weighted by Crippen LogP contribution is 2.32. The van der Waals surface area contributed by atoms with Crippen LogP contribution in [0, 0.1) is 6.92 Å². The van der Waals surface area contributed by atoms with Crippen molar-refractivity contribution in [3.05, 3.63) is 40.3 Å². The van der Waals surface area contributed by atoms with Gasteiger partial charge in [-0.15, -0.1) is 11.3 Å². The minimum atomic E-state index is -0.898. The predicted octanol–water partition coefficient (Wildman–Crippen LogP) is 2.68. The van der Waals surface area contributed by atoms with Crippen LogP contribution in [-0.2, 0) is 17.8 Å². The Hall–Kier alpha value is -2.79. The molecule has 184 valence electrons. The molecule has 0 aliphatic rings. The minimum Gasteiger partial charge on any atom is -0.490 e. The highest BCUT2D eigenvalue weighted by molar-refractivity contribution is 7.15. The van der Waals surface area contributed by atoms with E-state index in [9.17, 15) is 9.90 Å². The standard InChI is InChI=1S/C24H32N4O5S/c1-5-16-9-17(8-15(4)22(16)32-13-18(30)10-26-21(31)12-29)23-27-24(33-28-23)20-7-6-19(34-20)11-25-14(2)3/h6-9,14,18,25,29-30H,5,10-13H2,1-4H3,(H,26,31)/t18-/m0/s1. The van der Waals surface area contributed by atoms with E-state index in [1.54, 1.807) is 11.3 Å². The summed E-state index contributed by atoms with van der Waals surface area (Å²) >= 11 is 1.62. The molecule has 10 heteroatoms. The second-order valence-corrected chi connectivity index (χ2v) is 9.45. The van der Waals surface area contributed by atoms with Crippen molar-refractivity contribution < 1.29 is 24.3 Å². The van der Waals surface area contributed by atoms with Gasteiger partial charge in [0, 0.05) is 29.6 Å². The highest BCUT2D eigenvalue weighted by atomic mass is 32.1. The second kappa shape index (κ2) is 12.1. The van der Waals surface area contributed by atoms with Crippen molar-refractivity contribution in [1.29, 1.82) is 0 Å². The molecule has 0 aliphatic heterocycles. The summed E-state index contributed by atoms with van der Waals surface area (Å²) in [4.78, 5) is 17.9. The number of aliphatic hydroxyl groups excluding tert-OH is 2. The van der Waals surface area contributed by atoms with Crippen molar-refractivity contribution in [3.63, 3.8) is 0 Å². The number of rotatable bonds is 12. The third kappa shape index (κ3) is 6.86. The molecular weight excluding hydrogens is 456 g/mol. The van der Waals surface area contributed by atoms with Crippen LogP contribution in [0.5, 0.6) is 5.75 Å². The molecule has 9 nitrogen and oxygen atoms in total. The van der Waals surface area contributed by atoms with Crippen LogP contribution in [0.3, 0.4) is 0 Å². The van der Waals surface area contributed by atoms with E-state index in [0.29, 0.717) is 29.9 Å². The zero-order valence-corrected chi connectivity index (χ0v) is 20.7. The first-order chi connectivity index (χ1) is 16.3. The van der Waals surface area contributed by atoms with E-state index in [1.165, 1.54) is 4.88 Å². The average Bonchev–Trinajstić information content (AvgIpc) is 3.49. The lowest BCUT2D eigenvalue weighted by molar-refractivity contribution is -0.124. The van der Waals surface area contributed by atoms with Gasteiger partial charge in [-0.3, -0.25) is 4.79 Å². The molecular formula is C24H32N4O5S. The Bertz CT molecular complexity index is 1090. The van der Waals surface area contributed by atoms with Crippen molar-refractivity contribution in [1.82, 2.24) is 20.8 Å². The first kappa shape index (κ1) is 25.8. The molecule has 0 spiro atoms. The molecule has 1 atom stereocenters. The van der Waals surface area contributed by atoms with Gasteiger partial charge in [0.05, 0.1) is 4.88 Å². The van der Waals surface area contributed by atoms with Gasteiger partial charge in [-0.05, 0) is 48.7 Å². The SMILES string of the molecule is CCc1cc(-c2noc(-c3ccc(CNC(C)C)s3)n2)cc(C)c1OC[C@@H](O)CNC(=O)CO. The van der Waals surface area contributed by atoms with Crippen LogP contribution >= 0.6 is 11.3 Å². The van der Waals surface area contributed by atoms with Gasteiger partial charge in [0.25, 0.3) is 5.89 Å². The molecule has 34 heavy (non-hydrogen) atoms. The number of nitrogens with one attached hydrogen (secondary N) is 2. The molecule has 2 aromatic heterocycles. The maximum absolute atomic E-state index is 11.1. The van der Waals surface area contributed by atoms with Gasteiger partial charge in [-0.1, -0.05) is 25.9 Å². The number of ether oxygens (including phenoxy) is 1. The molecule has 0 aliphatic carbocycles. The van der Waals surface area contributed by atoms with Crippen LogP contribution in [-0.4, -0.2) is 58.2 Å². The summed E-state index contributed by atoms with van der Waals surface area (Å²) in [6.45, 7) is 8.36. The van der Waals surface area contributed by atoms with Crippen LogP contribution in [0.1, 0.15) is 36.8 Å². The summed E-state index contributed by atoms with van der Waals surface area (Å²) < 4.78 is 11.4. The normalized spacial score (nSPS) is 12.2. The topological polar surface area (TPSA) is 130 Å². The van der Waals surface area contributed by atoms with Gasteiger partial charge in [0.15, 0.2) is 0 Å². The Labute approximate surface area is 203 Å². The predicted molar refractivity (Wildman–Crippen MR) is 131 cm³/mol. The van der Waals surface area contributed by atoms with Crippen LogP contribution in [0.25, 0.3) is 22.2 Å². The number of aliphatic hydroxyl groups is 2. The summed E-state index contributed by atoms with van der Waals surface area (Å²) in [6, 6.07) is 8.36. The number of carbonyl (C=O) groups is 1. The smallest absolute Gasteiger partial charge is 0.268 e. The first-order valence-corrected chi connectivity index (χ1v) is 12.1. The van der Waals surface area contributed by atoms with Crippen LogP contribution in [0.15, 0.2) is 28.8 Å². The molecule has 0 saturated heterocycles. The maximum Gasteiger partial charge on any atom is 0.268 e. The van der Waals surface area contributed by atoms with E-state index in [2.05, 4.69) is 40.7 Å². The zero-order chi connectivity index (χ0) is 24.7. The van der Waals surface area contributed by atoms with E-state index in [0.717, 1.165) is 28.1 Å². The number of hydrogen-bond donors (Lipinski definition) is 4. The van der Waals surface area contributed by atoms with Crippen LogP contribution < -0.4 is 15.4 Å². The fourth-order valence-corrected chi connectivity index (χ4v) is 4.18. The Morgan fingerprint density at radius 1 is 1.29 bits per heavy atom. The van der Waals surface area contributed by atoms with Gasteiger partial charge in [-0.2, -0.15) is 4.98 Å². The van der Waals surface area contributed by atoms with Crippen molar-refractivity contribution in [2.24, 2.45) is 0 Å². The number of benzene rings is 1. The molecule has 0 bridgehead atoms. The molecule has 1 amide bonds. The van der Waals surface area contributed by atoms with E-state index in [-0.39, 0.29) is 13.2 Å². The summed E-state index contributed by atoms with van der Waals surface area (Å²) in [5, 5.41) is 28.8. The van der Waals surface area contributed by atoms with Gasteiger partial charge in [-0.25, -0.2) is 0 Å². The van der Waals surface area contributed by atoms with Crippen molar-refractivity contribution >= 4 is 17.2 Å². The van der Waals surface area contributed by atoms with Gasteiger partial charge < -0.3 is 30.1 Å². The highest BCUT2D eigenvalue weighted by Gasteiger charge is 2.17. The summed E-state index contributed by atoms with van der Waals surface area (Å²) in [7, 11) is 0. The molecule has 0 saturated carbocycles. The fraction of sp³-hybridized carbons (Fsp3) is 0.458. The second-order valence-electron chi connectivity index (χ2n) is 8.29. The monoisotopic (exact) mass is 488 g/mol. The van der Waals surface area contributed by atoms with E-state index < -0.39 is 18.6 Å². The van der Waals surface area contributed by atoms with Crippen LogP contribution in [0.4, 0.5) is 0 Å². The molecule has 0 unspecified atom stereocenters. The Morgan fingerprint density at radius 2 is 2.09 bits per heavy atom. The number of thiophene rings is 1. The van der Waals surface area contributed by atoms with Gasteiger partial charge in [0.2, 0.25) is 11.7 Å². The van der Waals surface area contributed by atoms with E-state index in [4.69, 9.17) is 14.4 Å². The number of carbonyl (C=O) groups excluding carboxylic acids is 1. The summed E-state index contributed by atoms with van der Waals surface area (Å²) in [5.74, 6) is 1.13. The molecule has 0 radical (unpaired) electrons. The quantitative estimate of drug-likeness (QED) is 0.306. The number of hydrogen-bond acceptors (Lipinski definition) is 9. The molecule has 0 fully saturated rings. The first-order valence-electron chi connectivity index (χ1n) is 11.3. The average molecular weight is 489 g/mol. The van der Waals surface area contributed by atoms with Crippen molar-refractivity contribution in [2.75, 3.05) is 19.8 Å². The Kier molecular flexibility index (Phi) is 9.17. The number of aryl methyl sites for hydroxylation is 2.